The number of aryl methyl sites for hydroxylation is 1. The van der Waals surface area contributed by atoms with E-state index in [4.69, 9.17) is 0 Å². The molecule has 0 fully saturated rings. The third-order valence-corrected chi connectivity index (χ3v) is 9.68. The fraction of sp³-hybridized carbons (Fsp3) is 0.314. The molecular formula is C35H39N3O4S. The average Bonchev–Trinajstić information content (AvgIpc) is 3.21. The molecule has 8 heteroatoms. The number of amides is 2. The van der Waals surface area contributed by atoms with Gasteiger partial charge < -0.3 is 10.2 Å². The van der Waals surface area contributed by atoms with Crippen molar-refractivity contribution in [2.45, 2.75) is 57.5 Å². The second-order valence-electron chi connectivity index (χ2n) is 11.7. The Hall–Kier alpha value is -4.17. The molecule has 224 valence electrons. The SMILES string of the molecule is Cc1cccc(CN(C(=O)CCCN2c3cccc4cccc(c34)S2(=O)=O)[C@@H](Cc2ccccc2)C(=O)NCC(C)C)c1. The molecule has 0 saturated carbocycles. The minimum absolute atomic E-state index is 0.104. The fourth-order valence-corrected chi connectivity index (χ4v) is 7.45. The van der Waals surface area contributed by atoms with Gasteiger partial charge in [-0.2, -0.15) is 0 Å². The first-order valence-electron chi connectivity index (χ1n) is 14.9. The van der Waals surface area contributed by atoms with Crippen LogP contribution in [0.5, 0.6) is 0 Å². The molecule has 0 aromatic heterocycles. The summed E-state index contributed by atoms with van der Waals surface area (Å²) < 4.78 is 28.3. The maximum absolute atomic E-state index is 14.0. The third-order valence-electron chi connectivity index (χ3n) is 7.82. The molecule has 0 bridgehead atoms. The van der Waals surface area contributed by atoms with E-state index in [2.05, 4.69) is 5.32 Å². The van der Waals surface area contributed by atoms with Crippen molar-refractivity contribution in [3.8, 4) is 0 Å². The molecule has 1 heterocycles. The fourth-order valence-electron chi connectivity index (χ4n) is 5.70. The predicted molar refractivity (Wildman–Crippen MR) is 171 cm³/mol. The molecular weight excluding hydrogens is 558 g/mol. The maximum atomic E-state index is 14.0. The number of benzene rings is 4. The Morgan fingerprint density at radius 1 is 0.884 bits per heavy atom. The molecule has 7 nitrogen and oxygen atoms in total. The van der Waals surface area contributed by atoms with E-state index in [1.807, 2.05) is 99.6 Å². The Morgan fingerprint density at radius 2 is 1.58 bits per heavy atom. The Labute approximate surface area is 254 Å². The van der Waals surface area contributed by atoms with Crippen LogP contribution in [0.2, 0.25) is 0 Å². The molecule has 0 unspecified atom stereocenters. The quantitative estimate of drug-likeness (QED) is 0.222. The van der Waals surface area contributed by atoms with Crippen LogP contribution >= 0.6 is 0 Å². The van der Waals surface area contributed by atoms with E-state index in [1.165, 1.54) is 4.31 Å². The lowest BCUT2D eigenvalue weighted by Crippen LogP contribution is -2.51. The minimum Gasteiger partial charge on any atom is -0.354 e. The molecule has 0 saturated heterocycles. The van der Waals surface area contributed by atoms with Gasteiger partial charge in [-0.1, -0.05) is 98.3 Å². The summed E-state index contributed by atoms with van der Waals surface area (Å²) in [4.78, 5) is 29.7. The molecule has 43 heavy (non-hydrogen) atoms. The van der Waals surface area contributed by atoms with E-state index < -0.39 is 16.1 Å². The van der Waals surface area contributed by atoms with Gasteiger partial charge >= 0.3 is 0 Å². The summed E-state index contributed by atoms with van der Waals surface area (Å²) in [5, 5.41) is 4.64. The number of nitrogens with zero attached hydrogens (tertiary/aromatic N) is 2. The van der Waals surface area contributed by atoms with Gasteiger partial charge in [-0.3, -0.25) is 13.9 Å². The molecule has 4 aromatic carbocycles. The first-order chi connectivity index (χ1) is 20.6. The number of anilines is 1. The summed E-state index contributed by atoms with van der Waals surface area (Å²) in [5.74, 6) is -0.115. The highest BCUT2D eigenvalue weighted by atomic mass is 32.2. The smallest absolute Gasteiger partial charge is 0.265 e. The van der Waals surface area contributed by atoms with E-state index in [1.54, 1.807) is 17.0 Å². The molecule has 1 aliphatic rings. The monoisotopic (exact) mass is 597 g/mol. The number of rotatable bonds is 12. The number of carbonyl (C=O) groups is 2. The van der Waals surface area contributed by atoms with Crippen molar-refractivity contribution in [1.29, 1.82) is 0 Å². The van der Waals surface area contributed by atoms with Crippen molar-refractivity contribution < 1.29 is 18.0 Å². The van der Waals surface area contributed by atoms with E-state index in [9.17, 15) is 18.0 Å². The molecule has 1 N–H and O–H groups in total. The highest BCUT2D eigenvalue weighted by Crippen LogP contribution is 2.42. The van der Waals surface area contributed by atoms with Gasteiger partial charge in [0.1, 0.15) is 6.04 Å². The van der Waals surface area contributed by atoms with Gasteiger partial charge in [0.25, 0.3) is 10.0 Å². The lowest BCUT2D eigenvalue weighted by Gasteiger charge is -2.32. The minimum atomic E-state index is -3.71. The lowest BCUT2D eigenvalue weighted by atomic mass is 10.0. The summed E-state index contributed by atoms with van der Waals surface area (Å²) in [5.41, 5.74) is 3.62. The summed E-state index contributed by atoms with van der Waals surface area (Å²) in [6.45, 7) is 7.03. The summed E-state index contributed by atoms with van der Waals surface area (Å²) >= 11 is 0. The maximum Gasteiger partial charge on any atom is 0.265 e. The largest absolute Gasteiger partial charge is 0.354 e. The Balaban J connectivity index is 1.39. The van der Waals surface area contributed by atoms with Gasteiger partial charge in [0, 0.05) is 37.9 Å². The summed E-state index contributed by atoms with van der Waals surface area (Å²) in [6.07, 6.45) is 0.797. The molecule has 1 atom stereocenters. The van der Waals surface area contributed by atoms with Crippen LogP contribution in [0.15, 0.2) is 95.9 Å². The first kappa shape index (κ1) is 30.3. The van der Waals surface area contributed by atoms with Crippen LogP contribution in [0.1, 0.15) is 43.4 Å². The highest BCUT2D eigenvalue weighted by molar-refractivity contribution is 7.93. The van der Waals surface area contributed by atoms with Crippen LogP contribution < -0.4 is 9.62 Å². The van der Waals surface area contributed by atoms with Crippen molar-refractivity contribution in [2.24, 2.45) is 5.92 Å². The topological polar surface area (TPSA) is 86.8 Å². The van der Waals surface area contributed by atoms with E-state index >= 15 is 0 Å². The van der Waals surface area contributed by atoms with Crippen LogP contribution in [-0.4, -0.2) is 44.3 Å². The number of carbonyl (C=O) groups excluding carboxylic acids is 2. The van der Waals surface area contributed by atoms with Crippen LogP contribution in [-0.2, 0) is 32.6 Å². The average molecular weight is 598 g/mol. The van der Waals surface area contributed by atoms with Gasteiger partial charge in [-0.15, -0.1) is 0 Å². The van der Waals surface area contributed by atoms with Crippen molar-refractivity contribution in [1.82, 2.24) is 10.2 Å². The standard InChI is InChI=1S/C35H39N3O4S/c1-25(2)23-36-35(40)31(22-27-12-5-4-6-13-27)37(24-28-14-7-11-26(3)21-28)33(39)19-10-20-38-30-17-8-15-29-16-9-18-32(34(29)30)43(38,41)42/h4-9,11-18,21,25,31H,10,19-20,22-24H2,1-3H3,(H,36,40)/t31-/m0/s1. The predicted octanol–water partition coefficient (Wildman–Crippen LogP) is 5.85. The molecule has 5 rings (SSSR count). The zero-order valence-corrected chi connectivity index (χ0v) is 25.8. The van der Waals surface area contributed by atoms with Crippen molar-refractivity contribution >= 4 is 38.3 Å². The van der Waals surface area contributed by atoms with E-state index in [0.717, 1.165) is 27.5 Å². The second kappa shape index (κ2) is 13.0. The van der Waals surface area contributed by atoms with Crippen LogP contribution in [0.4, 0.5) is 5.69 Å². The first-order valence-corrected chi connectivity index (χ1v) is 16.3. The molecule has 0 radical (unpaired) electrons. The van der Waals surface area contributed by atoms with Crippen LogP contribution in [0, 0.1) is 12.8 Å². The van der Waals surface area contributed by atoms with Crippen molar-refractivity contribution in [3.05, 3.63) is 108 Å². The Bertz CT molecular complexity index is 1710. The molecule has 0 spiro atoms. The van der Waals surface area contributed by atoms with E-state index in [0.29, 0.717) is 30.0 Å². The second-order valence-corrected chi connectivity index (χ2v) is 13.5. The van der Waals surface area contributed by atoms with Gasteiger partial charge in [0.05, 0.1) is 10.6 Å². The highest BCUT2D eigenvalue weighted by Gasteiger charge is 2.36. The lowest BCUT2D eigenvalue weighted by molar-refractivity contribution is -0.141. The van der Waals surface area contributed by atoms with Gasteiger partial charge in [0.2, 0.25) is 11.8 Å². The van der Waals surface area contributed by atoms with Gasteiger partial charge in [-0.25, -0.2) is 8.42 Å². The zero-order chi connectivity index (χ0) is 30.6. The normalized spacial score (nSPS) is 14.2. The molecule has 2 amide bonds. The zero-order valence-electron chi connectivity index (χ0n) is 25.0. The molecule has 1 aliphatic heterocycles. The van der Waals surface area contributed by atoms with Crippen LogP contribution in [0.25, 0.3) is 10.8 Å². The Morgan fingerprint density at radius 3 is 2.30 bits per heavy atom. The third kappa shape index (κ3) is 6.75. The summed E-state index contributed by atoms with van der Waals surface area (Å²) in [7, 11) is -3.71. The number of sulfonamides is 1. The van der Waals surface area contributed by atoms with Gasteiger partial charge in [0.15, 0.2) is 0 Å². The van der Waals surface area contributed by atoms with Crippen molar-refractivity contribution in [2.75, 3.05) is 17.4 Å². The summed E-state index contributed by atoms with van der Waals surface area (Å²) in [6, 6.07) is 27.8. The van der Waals surface area contributed by atoms with E-state index in [-0.39, 0.29) is 37.2 Å². The Kier molecular flexibility index (Phi) is 9.16. The van der Waals surface area contributed by atoms with Crippen LogP contribution in [0.3, 0.4) is 0 Å². The number of hydrogen-bond donors (Lipinski definition) is 1. The molecule has 0 aliphatic carbocycles. The number of hydrogen-bond acceptors (Lipinski definition) is 4. The van der Waals surface area contributed by atoms with Crippen molar-refractivity contribution in [3.63, 3.8) is 0 Å². The molecule has 4 aromatic rings. The van der Waals surface area contributed by atoms with Gasteiger partial charge in [-0.05, 0) is 47.9 Å². The number of nitrogens with one attached hydrogen (secondary N) is 1.